The lowest BCUT2D eigenvalue weighted by atomic mass is 10.2. The van der Waals surface area contributed by atoms with E-state index in [0.29, 0.717) is 11.3 Å². The minimum Gasteiger partial charge on any atom is -0.455 e. The molecule has 0 aliphatic heterocycles. The number of carbonyl (C=O) groups is 2. The average molecular weight is 390 g/mol. The number of hydrogen-bond acceptors (Lipinski definition) is 5. The van der Waals surface area contributed by atoms with Gasteiger partial charge < -0.3 is 10.1 Å². The van der Waals surface area contributed by atoms with Gasteiger partial charge >= 0.3 is 5.97 Å². The second-order valence-corrected chi connectivity index (χ2v) is 7.85. The van der Waals surface area contributed by atoms with Gasteiger partial charge in [0, 0.05) is 5.69 Å². The Labute approximate surface area is 158 Å². The van der Waals surface area contributed by atoms with E-state index in [1.54, 1.807) is 38.1 Å². The normalized spacial score (nSPS) is 11.1. The van der Waals surface area contributed by atoms with Crippen molar-refractivity contribution >= 4 is 27.6 Å². The standard InChI is InChI=1S/C19H22N2O5S/c1-13-8-9-15(3)17(10-13)27(24,25)20-11-19(23)26-12-18(22)21-16-7-5-4-6-14(16)2/h4-10,20H,11-12H2,1-3H3,(H,21,22). The van der Waals surface area contributed by atoms with Crippen molar-refractivity contribution in [2.45, 2.75) is 25.7 Å². The molecule has 8 heteroatoms. The number of rotatable bonds is 7. The van der Waals surface area contributed by atoms with Crippen molar-refractivity contribution in [1.82, 2.24) is 4.72 Å². The van der Waals surface area contributed by atoms with Crippen molar-refractivity contribution in [2.75, 3.05) is 18.5 Å². The van der Waals surface area contributed by atoms with Crippen LogP contribution < -0.4 is 10.0 Å². The van der Waals surface area contributed by atoms with E-state index in [4.69, 9.17) is 4.74 Å². The van der Waals surface area contributed by atoms with Crippen LogP contribution in [-0.2, 0) is 24.3 Å². The zero-order valence-corrected chi connectivity index (χ0v) is 16.2. The summed E-state index contributed by atoms with van der Waals surface area (Å²) in [4.78, 5) is 23.7. The Bertz CT molecular complexity index is 954. The maximum Gasteiger partial charge on any atom is 0.321 e. The fourth-order valence-corrected chi connectivity index (χ4v) is 3.62. The predicted molar refractivity (Wildman–Crippen MR) is 102 cm³/mol. The highest BCUT2D eigenvalue weighted by Gasteiger charge is 2.19. The second kappa shape index (κ2) is 8.79. The van der Waals surface area contributed by atoms with Crippen molar-refractivity contribution in [3.63, 3.8) is 0 Å². The summed E-state index contributed by atoms with van der Waals surface area (Å²) in [6, 6.07) is 12.2. The minimum absolute atomic E-state index is 0.104. The van der Waals surface area contributed by atoms with Gasteiger partial charge in [0.15, 0.2) is 6.61 Å². The van der Waals surface area contributed by atoms with Crippen LogP contribution in [0.1, 0.15) is 16.7 Å². The number of amides is 1. The van der Waals surface area contributed by atoms with Gasteiger partial charge in [-0.15, -0.1) is 0 Å². The Kier molecular flexibility index (Phi) is 6.70. The molecule has 2 aromatic rings. The Morgan fingerprint density at radius 1 is 1.00 bits per heavy atom. The number of anilines is 1. The molecule has 0 heterocycles. The summed E-state index contributed by atoms with van der Waals surface area (Å²) in [5, 5.41) is 2.62. The van der Waals surface area contributed by atoms with E-state index in [9.17, 15) is 18.0 Å². The Hall–Kier alpha value is -2.71. The summed E-state index contributed by atoms with van der Waals surface area (Å²) in [5.74, 6) is -1.35. The van der Waals surface area contributed by atoms with Crippen LogP contribution in [0.5, 0.6) is 0 Å². The molecular weight excluding hydrogens is 368 g/mol. The van der Waals surface area contributed by atoms with Gasteiger partial charge in [-0.25, -0.2) is 8.42 Å². The Balaban J connectivity index is 1.86. The molecule has 0 spiro atoms. The fourth-order valence-electron chi connectivity index (χ4n) is 2.33. The summed E-state index contributed by atoms with van der Waals surface area (Å²) < 4.78 is 31.7. The van der Waals surface area contributed by atoms with Gasteiger partial charge in [0.05, 0.1) is 4.90 Å². The summed E-state index contributed by atoms with van der Waals surface area (Å²) in [5.41, 5.74) is 2.85. The summed E-state index contributed by atoms with van der Waals surface area (Å²) in [6.07, 6.45) is 0. The third-order valence-electron chi connectivity index (χ3n) is 3.82. The van der Waals surface area contributed by atoms with E-state index in [1.807, 2.05) is 19.1 Å². The smallest absolute Gasteiger partial charge is 0.321 e. The molecule has 0 atom stereocenters. The largest absolute Gasteiger partial charge is 0.455 e. The minimum atomic E-state index is -3.85. The highest BCUT2D eigenvalue weighted by Crippen LogP contribution is 2.16. The average Bonchev–Trinajstić information content (AvgIpc) is 2.62. The van der Waals surface area contributed by atoms with E-state index in [2.05, 4.69) is 10.0 Å². The van der Waals surface area contributed by atoms with Crippen LogP contribution in [0.2, 0.25) is 0 Å². The molecule has 0 unspecified atom stereocenters. The van der Waals surface area contributed by atoms with Gasteiger partial charge in [-0.3, -0.25) is 9.59 Å². The van der Waals surface area contributed by atoms with E-state index >= 15 is 0 Å². The molecule has 0 aliphatic carbocycles. The van der Waals surface area contributed by atoms with Crippen molar-refractivity contribution in [3.05, 3.63) is 59.2 Å². The van der Waals surface area contributed by atoms with Crippen LogP contribution in [-0.4, -0.2) is 33.4 Å². The van der Waals surface area contributed by atoms with E-state index in [1.165, 1.54) is 6.07 Å². The second-order valence-electron chi connectivity index (χ2n) is 6.12. The quantitative estimate of drug-likeness (QED) is 0.705. The molecule has 2 rings (SSSR count). The van der Waals surface area contributed by atoms with Crippen molar-refractivity contribution in [1.29, 1.82) is 0 Å². The van der Waals surface area contributed by atoms with Gasteiger partial charge in [0.1, 0.15) is 6.54 Å². The van der Waals surface area contributed by atoms with Crippen molar-refractivity contribution in [3.8, 4) is 0 Å². The molecule has 0 fully saturated rings. The molecular formula is C19H22N2O5S. The lowest BCUT2D eigenvalue weighted by molar-refractivity contribution is -0.146. The number of aryl methyl sites for hydroxylation is 3. The van der Waals surface area contributed by atoms with Crippen LogP contribution in [0.4, 0.5) is 5.69 Å². The Morgan fingerprint density at radius 3 is 2.41 bits per heavy atom. The van der Waals surface area contributed by atoms with Gasteiger partial charge in [-0.2, -0.15) is 4.72 Å². The topological polar surface area (TPSA) is 102 Å². The van der Waals surface area contributed by atoms with Gasteiger partial charge in [-0.1, -0.05) is 30.3 Å². The lowest BCUT2D eigenvalue weighted by Crippen LogP contribution is -2.32. The predicted octanol–water partition coefficient (Wildman–Crippen LogP) is 2.07. The molecule has 0 bridgehead atoms. The summed E-state index contributed by atoms with van der Waals surface area (Å²) >= 11 is 0. The first-order valence-corrected chi connectivity index (χ1v) is 9.75. The van der Waals surface area contributed by atoms with Gasteiger partial charge in [0.25, 0.3) is 5.91 Å². The van der Waals surface area contributed by atoms with Crippen molar-refractivity contribution in [2.24, 2.45) is 0 Å². The molecule has 144 valence electrons. The maximum absolute atomic E-state index is 12.3. The molecule has 0 saturated carbocycles. The number of benzene rings is 2. The van der Waals surface area contributed by atoms with Crippen LogP contribution in [0, 0.1) is 20.8 Å². The molecule has 2 N–H and O–H groups in total. The number of esters is 1. The number of carbonyl (C=O) groups excluding carboxylic acids is 2. The zero-order chi connectivity index (χ0) is 20.0. The van der Waals surface area contributed by atoms with Gasteiger partial charge in [-0.05, 0) is 49.6 Å². The third-order valence-corrected chi connectivity index (χ3v) is 5.37. The van der Waals surface area contributed by atoms with Crippen LogP contribution >= 0.6 is 0 Å². The monoisotopic (exact) mass is 390 g/mol. The maximum atomic E-state index is 12.3. The van der Waals surface area contributed by atoms with Crippen LogP contribution in [0.3, 0.4) is 0 Å². The fraction of sp³-hybridized carbons (Fsp3) is 0.263. The summed E-state index contributed by atoms with van der Waals surface area (Å²) in [6.45, 7) is 4.22. The molecule has 0 radical (unpaired) electrons. The SMILES string of the molecule is Cc1ccc(C)c(S(=O)(=O)NCC(=O)OCC(=O)Nc2ccccc2C)c1. The Morgan fingerprint density at radius 2 is 1.70 bits per heavy atom. The van der Waals surface area contributed by atoms with Crippen LogP contribution in [0.15, 0.2) is 47.4 Å². The molecule has 27 heavy (non-hydrogen) atoms. The number of ether oxygens (including phenoxy) is 1. The molecule has 0 saturated heterocycles. The molecule has 7 nitrogen and oxygen atoms in total. The lowest BCUT2D eigenvalue weighted by Gasteiger charge is -2.11. The third kappa shape index (κ3) is 5.90. The summed E-state index contributed by atoms with van der Waals surface area (Å²) in [7, 11) is -3.85. The highest BCUT2D eigenvalue weighted by atomic mass is 32.2. The zero-order valence-electron chi connectivity index (χ0n) is 15.4. The molecule has 0 aliphatic rings. The van der Waals surface area contributed by atoms with Crippen molar-refractivity contribution < 1.29 is 22.7 Å². The first kappa shape index (κ1) is 20.6. The first-order chi connectivity index (χ1) is 12.7. The van der Waals surface area contributed by atoms with Crippen LogP contribution in [0.25, 0.3) is 0 Å². The number of hydrogen-bond donors (Lipinski definition) is 2. The number of sulfonamides is 1. The molecule has 2 aromatic carbocycles. The number of para-hydroxylation sites is 1. The highest BCUT2D eigenvalue weighted by molar-refractivity contribution is 7.89. The molecule has 1 amide bonds. The van der Waals surface area contributed by atoms with E-state index in [0.717, 1.165) is 11.1 Å². The van der Waals surface area contributed by atoms with E-state index < -0.39 is 35.1 Å². The van der Waals surface area contributed by atoms with Gasteiger partial charge in [0.2, 0.25) is 10.0 Å². The first-order valence-electron chi connectivity index (χ1n) is 8.27. The number of nitrogens with one attached hydrogen (secondary N) is 2. The molecule has 0 aromatic heterocycles. The van der Waals surface area contributed by atoms with E-state index in [-0.39, 0.29) is 4.90 Å².